The lowest BCUT2D eigenvalue weighted by Crippen LogP contribution is -2.20. The summed E-state index contributed by atoms with van der Waals surface area (Å²) in [4.78, 5) is 11.7. The highest BCUT2D eigenvalue weighted by molar-refractivity contribution is 5.91. The first kappa shape index (κ1) is 14.5. The fraction of sp³-hybridized carbons (Fsp3) is 0.111. The quantitative estimate of drug-likeness (QED) is 0.872. The summed E-state index contributed by atoms with van der Waals surface area (Å²) in [6, 6.07) is 17.2. The first-order chi connectivity index (χ1) is 10.2. The molecular weight excluding hydrogens is 260 g/mol. The summed E-state index contributed by atoms with van der Waals surface area (Å²) in [5.41, 5.74) is 3.77. The fourth-order valence-corrected chi connectivity index (χ4v) is 1.79. The number of aryl methyl sites for hydroxylation is 1. The molecule has 2 aromatic rings. The Morgan fingerprint density at radius 3 is 2.43 bits per heavy atom. The third-order valence-corrected chi connectivity index (χ3v) is 3.05. The number of hydrogen-bond donors (Lipinski definition) is 1. The Balaban J connectivity index is 1.86. The normalized spacial score (nSPS) is 10.3. The van der Waals surface area contributed by atoms with Gasteiger partial charge in [0.2, 0.25) is 5.91 Å². The molecule has 0 spiro atoms. The highest BCUT2D eigenvalue weighted by Crippen LogP contribution is 2.05. The van der Waals surface area contributed by atoms with Crippen LogP contribution in [0.4, 0.5) is 0 Å². The lowest BCUT2D eigenvalue weighted by molar-refractivity contribution is -0.116. The number of carbonyl (C=O) groups excluding carboxylic acids is 1. The van der Waals surface area contributed by atoms with Gasteiger partial charge in [-0.3, -0.25) is 4.79 Å². The van der Waals surface area contributed by atoms with Gasteiger partial charge in [-0.2, -0.15) is 5.26 Å². The predicted molar refractivity (Wildman–Crippen MR) is 83.2 cm³/mol. The van der Waals surface area contributed by atoms with Crippen LogP contribution >= 0.6 is 0 Å². The lowest BCUT2D eigenvalue weighted by atomic mass is 10.1. The van der Waals surface area contributed by atoms with Gasteiger partial charge in [-0.15, -0.1) is 0 Å². The van der Waals surface area contributed by atoms with Gasteiger partial charge in [-0.25, -0.2) is 0 Å². The zero-order chi connectivity index (χ0) is 15.1. The molecule has 0 saturated heterocycles. The van der Waals surface area contributed by atoms with Crippen LogP contribution in [0.5, 0.6) is 0 Å². The highest BCUT2D eigenvalue weighted by Gasteiger charge is 1.97. The molecule has 2 rings (SSSR count). The van der Waals surface area contributed by atoms with E-state index in [0.717, 1.165) is 11.1 Å². The molecule has 3 heteroatoms. The first-order valence-corrected chi connectivity index (χ1v) is 6.69. The second kappa shape index (κ2) is 7.06. The van der Waals surface area contributed by atoms with Crippen molar-refractivity contribution in [1.82, 2.24) is 5.32 Å². The van der Waals surface area contributed by atoms with E-state index in [1.807, 2.05) is 43.3 Å². The van der Waals surface area contributed by atoms with E-state index in [1.165, 1.54) is 11.6 Å². The van der Waals surface area contributed by atoms with E-state index in [9.17, 15) is 4.79 Å². The number of rotatable bonds is 4. The Kier molecular flexibility index (Phi) is 4.89. The SMILES string of the molecule is Cc1ccc(/C=C/C(=O)NCc2ccc(C#N)cc2)cc1. The maximum absolute atomic E-state index is 11.7. The minimum Gasteiger partial charge on any atom is -0.348 e. The van der Waals surface area contributed by atoms with Crippen molar-refractivity contribution in [2.75, 3.05) is 0 Å². The summed E-state index contributed by atoms with van der Waals surface area (Å²) in [6.07, 6.45) is 3.31. The Hall–Kier alpha value is -2.86. The standard InChI is InChI=1S/C18H16N2O/c1-14-2-4-15(5-3-14)10-11-18(21)20-13-17-8-6-16(12-19)7-9-17/h2-11H,13H2,1H3,(H,20,21)/b11-10+. The van der Waals surface area contributed by atoms with E-state index in [2.05, 4.69) is 11.4 Å². The summed E-state index contributed by atoms with van der Waals surface area (Å²) in [6.45, 7) is 2.47. The maximum atomic E-state index is 11.7. The molecule has 0 bridgehead atoms. The Labute approximate surface area is 124 Å². The van der Waals surface area contributed by atoms with E-state index in [0.29, 0.717) is 12.1 Å². The van der Waals surface area contributed by atoms with Crippen molar-refractivity contribution in [2.45, 2.75) is 13.5 Å². The van der Waals surface area contributed by atoms with Crippen molar-refractivity contribution in [3.63, 3.8) is 0 Å². The molecule has 0 atom stereocenters. The van der Waals surface area contributed by atoms with Crippen LogP contribution in [0.15, 0.2) is 54.6 Å². The molecule has 0 heterocycles. The van der Waals surface area contributed by atoms with Gasteiger partial charge < -0.3 is 5.32 Å². The highest BCUT2D eigenvalue weighted by atomic mass is 16.1. The van der Waals surface area contributed by atoms with Crippen LogP contribution in [0.25, 0.3) is 6.08 Å². The largest absolute Gasteiger partial charge is 0.348 e. The number of benzene rings is 2. The minimum absolute atomic E-state index is 0.139. The van der Waals surface area contributed by atoms with Gasteiger partial charge in [-0.1, -0.05) is 42.0 Å². The Morgan fingerprint density at radius 1 is 1.14 bits per heavy atom. The Morgan fingerprint density at radius 2 is 1.81 bits per heavy atom. The van der Waals surface area contributed by atoms with Gasteiger partial charge in [0, 0.05) is 12.6 Å². The molecule has 0 aliphatic rings. The van der Waals surface area contributed by atoms with Crippen molar-refractivity contribution < 1.29 is 4.79 Å². The molecule has 0 unspecified atom stereocenters. The molecule has 2 aromatic carbocycles. The third kappa shape index (κ3) is 4.63. The fourth-order valence-electron chi connectivity index (χ4n) is 1.79. The molecule has 1 amide bonds. The molecule has 0 aliphatic carbocycles. The van der Waals surface area contributed by atoms with Crippen molar-refractivity contribution in [3.05, 3.63) is 76.9 Å². The summed E-state index contributed by atoms with van der Waals surface area (Å²) in [5, 5.41) is 11.5. The maximum Gasteiger partial charge on any atom is 0.244 e. The summed E-state index contributed by atoms with van der Waals surface area (Å²) in [7, 11) is 0. The summed E-state index contributed by atoms with van der Waals surface area (Å²) >= 11 is 0. The lowest BCUT2D eigenvalue weighted by Gasteiger charge is -2.02. The van der Waals surface area contributed by atoms with E-state index in [1.54, 1.807) is 18.2 Å². The van der Waals surface area contributed by atoms with Crippen molar-refractivity contribution in [2.24, 2.45) is 0 Å². The van der Waals surface area contributed by atoms with E-state index in [-0.39, 0.29) is 5.91 Å². The van der Waals surface area contributed by atoms with Crippen LogP contribution in [0.3, 0.4) is 0 Å². The number of amides is 1. The minimum atomic E-state index is -0.139. The van der Waals surface area contributed by atoms with Crippen LogP contribution in [0.1, 0.15) is 22.3 Å². The second-order valence-electron chi connectivity index (χ2n) is 4.77. The zero-order valence-electron chi connectivity index (χ0n) is 11.8. The van der Waals surface area contributed by atoms with Gasteiger partial charge in [-0.05, 0) is 36.3 Å². The van der Waals surface area contributed by atoms with Crippen LogP contribution in [-0.4, -0.2) is 5.91 Å². The van der Waals surface area contributed by atoms with Crippen LogP contribution in [0, 0.1) is 18.3 Å². The topological polar surface area (TPSA) is 52.9 Å². The van der Waals surface area contributed by atoms with E-state index >= 15 is 0 Å². The molecule has 21 heavy (non-hydrogen) atoms. The second-order valence-corrected chi connectivity index (χ2v) is 4.77. The number of carbonyl (C=O) groups is 1. The average molecular weight is 276 g/mol. The van der Waals surface area contributed by atoms with Gasteiger partial charge in [0.05, 0.1) is 11.6 Å². The molecule has 0 radical (unpaired) electrons. The summed E-state index contributed by atoms with van der Waals surface area (Å²) in [5.74, 6) is -0.139. The van der Waals surface area contributed by atoms with Crippen LogP contribution < -0.4 is 5.32 Å². The zero-order valence-corrected chi connectivity index (χ0v) is 11.8. The number of hydrogen-bond acceptors (Lipinski definition) is 2. The molecule has 0 fully saturated rings. The molecule has 0 aromatic heterocycles. The molecule has 0 saturated carbocycles. The van der Waals surface area contributed by atoms with Crippen molar-refractivity contribution in [1.29, 1.82) is 5.26 Å². The van der Waals surface area contributed by atoms with Crippen molar-refractivity contribution >= 4 is 12.0 Å². The van der Waals surface area contributed by atoms with Gasteiger partial charge in [0.25, 0.3) is 0 Å². The van der Waals surface area contributed by atoms with E-state index < -0.39 is 0 Å². The van der Waals surface area contributed by atoms with Crippen LogP contribution in [0.2, 0.25) is 0 Å². The number of nitrogens with zero attached hydrogens (tertiary/aromatic N) is 1. The van der Waals surface area contributed by atoms with Crippen molar-refractivity contribution in [3.8, 4) is 6.07 Å². The van der Waals surface area contributed by atoms with Gasteiger partial charge >= 0.3 is 0 Å². The molecular formula is C18H16N2O. The number of nitriles is 1. The van der Waals surface area contributed by atoms with Gasteiger partial charge in [0.1, 0.15) is 0 Å². The molecule has 3 nitrogen and oxygen atoms in total. The molecule has 104 valence electrons. The predicted octanol–water partition coefficient (Wildman–Crippen LogP) is 3.20. The molecule has 1 N–H and O–H groups in total. The average Bonchev–Trinajstić information content (AvgIpc) is 2.53. The van der Waals surface area contributed by atoms with Crippen LogP contribution in [-0.2, 0) is 11.3 Å². The van der Waals surface area contributed by atoms with E-state index in [4.69, 9.17) is 5.26 Å². The third-order valence-electron chi connectivity index (χ3n) is 3.05. The van der Waals surface area contributed by atoms with Gasteiger partial charge in [0.15, 0.2) is 0 Å². The smallest absolute Gasteiger partial charge is 0.244 e. The summed E-state index contributed by atoms with van der Waals surface area (Å²) < 4.78 is 0. The monoisotopic (exact) mass is 276 g/mol. The first-order valence-electron chi connectivity index (χ1n) is 6.69. The number of nitrogens with one attached hydrogen (secondary N) is 1. The Bertz CT molecular complexity index is 677. The molecule has 0 aliphatic heterocycles.